The molecule has 4 heteroatoms. The van der Waals surface area contributed by atoms with Crippen LogP contribution in [0.5, 0.6) is 0 Å². The lowest BCUT2D eigenvalue weighted by Gasteiger charge is -2.38. The van der Waals surface area contributed by atoms with Crippen molar-refractivity contribution in [2.45, 2.75) is 45.1 Å². The van der Waals surface area contributed by atoms with E-state index in [9.17, 15) is 14.7 Å². The molecular formula is C19H18O4. The Kier molecular flexibility index (Phi) is 2.77. The number of fused-ring (bicyclic) bond motifs is 5. The van der Waals surface area contributed by atoms with Crippen LogP contribution in [0.2, 0.25) is 0 Å². The summed E-state index contributed by atoms with van der Waals surface area (Å²) in [7, 11) is 0. The topological polar surface area (TPSA) is 67.5 Å². The summed E-state index contributed by atoms with van der Waals surface area (Å²) in [5, 5.41) is 10.3. The zero-order valence-electron chi connectivity index (χ0n) is 13.4. The molecule has 1 N–H and O–H groups in total. The summed E-state index contributed by atoms with van der Waals surface area (Å²) in [5.74, 6) is -0.453. The van der Waals surface area contributed by atoms with E-state index < -0.39 is 23.1 Å². The van der Waals surface area contributed by atoms with Crippen molar-refractivity contribution in [2.75, 3.05) is 0 Å². The zero-order chi connectivity index (χ0) is 16.5. The van der Waals surface area contributed by atoms with Gasteiger partial charge in [0.15, 0.2) is 0 Å². The van der Waals surface area contributed by atoms with Gasteiger partial charge in [-0.3, -0.25) is 9.59 Å². The van der Waals surface area contributed by atoms with Crippen molar-refractivity contribution in [3.8, 4) is 11.3 Å². The molecule has 0 radical (unpaired) electrons. The molecule has 1 aromatic carbocycles. The molecule has 23 heavy (non-hydrogen) atoms. The molecule has 1 aromatic heterocycles. The van der Waals surface area contributed by atoms with E-state index in [0.29, 0.717) is 40.9 Å². The molecule has 118 valence electrons. The maximum Gasteiger partial charge on any atom is 0.237 e. The molecule has 0 fully saturated rings. The van der Waals surface area contributed by atoms with Gasteiger partial charge in [-0.1, -0.05) is 26.0 Å². The highest BCUT2D eigenvalue weighted by molar-refractivity contribution is 6.53. The maximum atomic E-state index is 12.7. The highest BCUT2D eigenvalue weighted by Crippen LogP contribution is 2.44. The van der Waals surface area contributed by atoms with Crippen molar-refractivity contribution in [2.24, 2.45) is 0 Å². The van der Waals surface area contributed by atoms with Gasteiger partial charge in [0, 0.05) is 16.5 Å². The second-order valence-corrected chi connectivity index (χ2v) is 7.07. The van der Waals surface area contributed by atoms with Gasteiger partial charge in [0.2, 0.25) is 11.6 Å². The molecule has 0 saturated carbocycles. The number of furan rings is 1. The number of aliphatic hydroxyl groups is 1. The third-order valence-corrected chi connectivity index (χ3v) is 5.39. The predicted molar refractivity (Wildman–Crippen MR) is 84.9 cm³/mol. The molecule has 2 aliphatic carbocycles. The second kappa shape index (κ2) is 4.42. The van der Waals surface area contributed by atoms with Gasteiger partial charge >= 0.3 is 0 Å². The Balaban J connectivity index is 2.05. The highest BCUT2D eigenvalue weighted by atomic mass is 16.3. The van der Waals surface area contributed by atoms with E-state index in [4.69, 9.17) is 4.42 Å². The van der Waals surface area contributed by atoms with Gasteiger partial charge in [0.05, 0.1) is 17.9 Å². The third kappa shape index (κ3) is 1.70. The molecule has 1 atom stereocenters. The standard InChI is InChI=1S/C19H18O4/c1-9-8-23-18-11-4-6-12-10(5-7-13(20)19(12,2)3)15(11)17(22)16(21)14(9)18/h4,6,8,13,20H,5,7H2,1-3H3/t13-/m0/s1. The number of aliphatic hydroxyl groups excluding tert-OH is 1. The Labute approximate surface area is 134 Å². The minimum Gasteiger partial charge on any atom is -0.463 e. The molecule has 2 aliphatic rings. The lowest BCUT2D eigenvalue weighted by molar-refractivity contribution is 0.0792. The first-order valence-electron chi connectivity index (χ1n) is 7.86. The molecule has 0 saturated heterocycles. The number of carbonyl (C=O) groups excluding carboxylic acids is 2. The lowest BCUT2D eigenvalue weighted by atomic mass is 9.67. The summed E-state index contributed by atoms with van der Waals surface area (Å²) < 4.78 is 5.57. The van der Waals surface area contributed by atoms with Crippen LogP contribution in [0, 0.1) is 6.92 Å². The Morgan fingerprint density at radius 2 is 1.87 bits per heavy atom. The number of benzene rings is 1. The Morgan fingerprint density at radius 1 is 1.17 bits per heavy atom. The third-order valence-electron chi connectivity index (χ3n) is 5.39. The molecular weight excluding hydrogens is 292 g/mol. The number of rotatable bonds is 0. The fourth-order valence-electron chi connectivity index (χ4n) is 3.93. The van der Waals surface area contributed by atoms with Gasteiger partial charge in [-0.15, -0.1) is 0 Å². The van der Waals surface area contributed by atoms with E-state index in [1.165, 1.54) is 6.26 Å². The van der Waals surface area contributed by atoms with Crippen molar-refractivity contribution in [1.82, 2.24) is 0 Å². The smallest absolute Gasteiger partial charge is 0.237 e. The monoisotopic (exact) mass is 310 g/mol. The van der Waals surface area contributed by atoms with Gasteiger partial charge in [0.25, 0.3) is 0 Å². The molecule has 4 rings (SSSR count). The van der Waals surface area contributed by atoms with E-state index in [1.807, 2.05) is 26.0 Å². The fraction of sp³-hybridized carbons (Fsp3) is 0.368. The Morgan fingerprint density at radius 3 is 2.61 bits per heavy atom. The van der Waals surface area contributed by atoms with Gasteiger partial charge in [0.1, 0.15) is 5.76 Å². The first kappa shape index (κ1) is 14.4. The molecule has 4 nitrogen and oxygen atoms in total. The Bertz CT molecular complexity index is 870. The quantitative estimate of drug-likeness (QED) is 0.759. The molecule has 0 unspecified atom stereocenters. The first-order chi connectivity index (χ1) is 10.8. The van der Waals surface area contributed by atoms with Crippen molar-refractivity contribution in [3.05, 3.63) is 46.2 Å². The molecule has 1 heterocycles. The SMILES string of the molecule is Cc1coc2c1C(=O)C(=O)c1c-2ccc2c1CC[C@H](O)C2(C)C. The number of hydrogen-bond acceptors (Lipinski definition) is 4. The van der Waals surface area contributed by atoms with Crippen molar-refractivity contribution in [1.29, 1.82) is 0 Å². The van der Waals surface area contributed by atoms with Crippen LogP contribution in [0.4, 0.5) is 0 Å². The van der Waals surface area contributed by atoms with Crippen molar-refractivity contribution >= 4 is 11.6 Å². The van der Waals surface area contributed by atoms with Gasteiger partial charge in [-0.2, -0.15) is 0 Å². The molecule has 0 aliphatic heterocycles. The van der Waals surface area contributed by atoms with Crippen LogP contribution in [-0.4, -0.2) is 22.8 Å². The Hall–Kier alpha value is -2.20. The van der Waals surface area contributed by atoms with E-state index in [-0.39, 0.29) is 0 Å². The molecule has 0 spiro atoms. The van der Waals surface area contributed by atoms with Crippen LogP contribution < -0.4 is 0 Å². The summed E-state index contributed by atoms with van der Waals surface area (Å²) in [6, 6.07) is 3.81. The average molecular weight is 310 g/mol. The normalized spacial score (nSPS) is 21.7. The van der Waals surface area contributed by atoms with Gasteiger partial charge in [-0.25, -0.2) is 0 Å². The summed E-state index contributed by atoms with van der Waals surface area (Å²) in [4.78, 5) is 25.3. The molecule has 0 bridgehead atoms. The van der Waals surface area contributed by atoms with E-state index >= 15 is 0 Å². The predicted octanol–water partition coefficient (Wildman–Crippen LogP) is 3.22. The number of carbonyl (C=O) groups is 2. The van der Waals surface area contributed by atoms with Gasteiger partial charge in [-0.05, 0) is 36.5 Å². The summed E-state index contributed by atoms with van der Waals surface area (Å²) in [5.41, 5.74) is 3.64. The molecule has 0 amide bonds. The summed E-state index contributed by atoms with van der Waals surface area (Å²) in [6.07, 6.45) is 2.25. The largest absolute Gasteiger partial charge is 0.463 e. The minimum atomic E-state index is -0.490. The number of ketones is 2. The van der Waals surface area contributed by atoms with Crippen LogP contribution in [0.3, 0.4) is 0 Å². The molecule has 2 aromatic rings. The average Bonchev–Trinajstić information content (AvgIpc) is 2.90. The van der Waals surface area contributed by atoms with Crippen molar-refractivity contribution < 1.29 is 19.1 Å². The van der Waals surface area contributed by atoms with Crippen LogP contribution in [0.1, 0.15) is 57.7 Å². The number of aryl methyl sites for hydroxylation is 1. The zero-order valence-corrected chi connectivity index (χ0v) is 13.4. The number of Topliss-reactive ketones (excluding diaryl/α,β-unsaturated/α-hetero) is 2. The lowest BCUT2D eigenvalue weighted by Crippen LogP contribution is -2.39. The van der Waals surface area contributed by atoms with Crippen LogP contribution in [0.15, 0.2) is 22.8 Å². The minimum absolute atomic E-state index is 0.387. The first-order valence-corrected chi connectivity index (χ1v) is 7.86. The second-order valence-electron chi connectivity index (χ2n) is 7.07. The van der Waals surface area contributed by atoms with Crippen LogP contribution in [0.25, 0.3) is 11.3 Å². The fourth-order valence-corrected chi connectivity index (χ4v) is 3.93. The van der Waals surface area contributed by atoms with E-state index in [2.05, 4.69) is 0 Å². The van der Waals surface area contributed by atoms with E-state index in [1.54, 1.807) is 6.92 Å². The number of hydrogen-bond donors (Lipinski definition) is 1. The van der Waals surface area contributed by atoms with E-state index in [0.717, 1.165) is 11.1 Å². The summed E-state index contributed by atoms with van der Waals surface area (Å²) >= 11 is 0. The maximum absolute atomic E-state index is 12.7. The van der Waals surface area contributed by atoms with Crippen LogP contribution in [-0.2, 0) is 11.8 Å². The van der Waals surface area contributed by atoms with Crippen molar-refractivity contribution in [3.63, 3.8) is 0 Å². The van der Waals surface area contributed by atoms with Gasteiger partial charge < -0.3 is 9.52 Å². The van der Waals surface area contributed by atoms with Crippen LogP contribution >= 0.6 is 0 Å². The highest BCUT2D eigenvalue weighted by Gasteiger charge is 2.42. The summed E-state index contributed by atoms with van der Waals surface area (Å²) in [6.45, 7) is 5.72.